The first-order chi connectivity index (χ1) is 9.40. The third-order valence-corrected chi connectivity index (χ3v) is 4.40. The minimum Gasteiger partial charge on any atom is -0.324 e. The van der Waals surface area contributed by atoms with Gasteiger partial charge in [-0.05, 0) is 61.9 Å². The summed E-state index contributed by atoms with van der Waals surface area (Å²) in [5.74, 6) is 0. The number of halogens is 1. The lowest BCUT2D eigenvalue weighted by atomic mass is 9.91. The fourth-order valence-electron chi connectivity index (χ4n) is 2.82. The Morgan fingerprint density at radius 1 is 1.00 bits per heavy atom. The van der Waals surface area contributed by atoms with E-state index in [2.05, 4.69) is 32.9 Å². The molecule has 0 aliphatic heterocycles. The van der Waals surface area contributed by atoms with Crippen LogP contribution in [0.1, 0.15) is 39.4 Å². The van der Waals surface area contributed by atoms with Crippen molar-refractivity contribution in [1.82, 2.24) is 0 Å². The van der Waals surface area contributed by atoms with E-state index >= 15 is 0 Å². The third-order valence-electron chi connectivity index (χ3n) is 3.89. The fourth-order valence-corrected chi connectivity index (χ4v) is 3.08. The molecule has 2 aromatic carbocycles. The summed E-state index contributed by atoms with van der Waals surface area (Å²) in [7, 11) is 0. The molecule has 0 saturated carbocycles. The molecule has 0 heterocycles. The zero-order valence-corrected chi connectivity index (χ0v) is 13.4. The monoisotopic (exact) mass is 287 g/mol. The van der Waals surface area contributed by atoms with Gasteiger partial charge in [0.25, 0.3) is 0 Å². The van der Waals surface area contributed by atoms with Crippen molar-refractivity contribution in [3.8, 4) is 0 Å². The molecule has 0 aromatic heterocycles. The maximum Gasteiger partial charge on any atom is 0.0483 e. The smallest absolute Gasteiger partial charge is 0.0483 e. The maximum absolute atomic E-state index is 6.39. The van der Waals surface area contributed by atoms with Crippen molar-refractivity contribution in [2.24, 2.45) is 5.73 Å². The molecule has 106 valence electrons. The molecule has 1 nitrogen and oxygen atoms in total. The highest BCUT2D eigenvalue weighted by Crippen LogP contribution is 2.28. The van der Waals surface area contributed by atoms with Crippen molar-refractivity contribution in [2.75, 3.05) is 0 Å². The number of hydrogen-bond acceptors (Lipinski definition) is 1. The summed E-state index contributed by atoms with van der Waals surface area (Å²) in [6, 6.07) is 10.4. The fraction of sp³-hybridized carbons (Fsp3) is 0.333. The Labute approximate surface area is 126 Å². The zero-order chi connectivity index (χ0) is 14.9. The minimum absolute atomic E-state index is 0.0671. The molecule has 1 atom stereocenters. The maximum atomic E-state index is 6.39. The largest absolute Gasteiger partial charge is 0.324 e. The molecular weight excluding hydrogens is 266 g/mol. The second-order valence-electron chi connectivity index (χ2n) is 5.67. The highest BCUT2D eigenvalue weighted by molar-refractivity contribution is 6.32. The van der Waals surface area contributed by atoms with Gasteiger partial charge in [-0.2, -0.15) is 0 Å². The molecule has 2 N–H and O–H groups in total. The van der Waals surface area contributed by atoms with Crippen molar-refractivity contribution in [3.05, 3.63) is 68.7 Å². The average Bonchev–Trinajstić information content (AvgIpc) is 2.36. The van der Waals surface area contributed by atoms with Crippen LogP contribution in [0.3, 0.4) is 0 Å². The lowest BCUT2D eigenvalue weighted by Gasteiger charge is -2.18. The van der Waals surface area contributed by atoms with Crippen LogP contribution in [-0.2, 0) is 6.42 Å². The van der Waals surface area contributed by atoms with Crippen LogP contribution in [0.4, 0.5) is 0 Å². The molecule has 0 aliphatic carbocycles. The Bertz CT molecular complexity index is 608. The molecule has 0 saturated heterocycles. The van der Waals surface area contributed by atoms with Gasteiger partial charge in [-0.1, -0.05) is 47.5 Å². The Morgan fingerprint density at radius 3 is 2.20 bits per heavy atom. The molecule has 2 heteroatoms. The van der Waals surface area contributed by atoms with E-state index in [1.165, 1.54) is 22.3 Å². The quantitative estimate of drug-likeness (QED) is 0.861. The third kappa shape index (κ3) is 3.05. The van der Waals surface area contributed by atoms with Crippen LogP contribution in [0.2, 0.25) is 5.02 Å². The molecular formula is C18H22ClN. The van der Waals surface area contributed by atoms with Gasteiger partial charge in [0, 0.05) is 11.1 Å². The summed E-state index contributed by atoms with van der Waals surface area (Å²) in [6.45, 7) is 8.45. The van der Waals surface area contributed by atoms with Crippen LogP contribution < -0.4 is 5.73 Å². The second-order valence-corrected chi connectivity index (χ2v) is 6.04. The number of aryl methyl sites for hydroxylation is 4. The average molecular weight is 288 g/mol. The van der Waals surface area contributed by atoms with Crippen LogP contribution in [0.25, 0.3) is 0 Å². The summed E-state index contributed by atoms with van der Waals surface area (Å²) < 4.78 is 0. The lowest BCUT2D eigenvalue weighted by molar-refractivity contribution is 0.715. The molecule has 2 rings (SSSR count). The van der Waals surface area contributed by atoms with Gasteiger partial charge in [0.05, 0.1) is 0 Å². The Hall–Kier alpha value is -1.31. The summed E-state index contributed by atoms with van der Waals surface area (Å²) >= 11 is 6.38. The highest BCUT2D eigenvalue weighted by atomic mass is 35.5. The van der Waals surface area contributed by atoms with Gasteiger partial charge in [-0.25, -0.2) is 0 Å². The standard InChI is InChI=1S/C18H22ClN/c1-11-8-13(3)16(14(4)9-11)10-17(20)15-7-5-6-12(2)18(15)19/h5-9,17H,10,20H2,1-4H3. The normalized spacial score (nSPS) is 12.5. The van der Waals surface area contributed by atoms with Gasteiger partial charge >= 0.3 is 0 Å². The van der Waals surface area contributed by atoms with Gasteiger partial charge in [-0.3, -0.25) is 0 Å². The molecule has 0 spiro atoms. The molecule has 0 radical (unpaired) electrons. The molecule has 0 fully saturated rings. The van der Waals surface area contributed by atoms with E-state index in [0.29, 0.717) is 0 Å². The topological polar surface area (TPSA) is 26.0 Å². The molecule has 1 unspecified atom stereocenters. The highest BCUT2D eigenvalue weighted by Gasteiger charge is 2.14. The van der Waals surface area contributed by atoms with Crippen molar-refractivity contribution in [1.29, 1.82) is 0 Å². The van der Waals surface area contributed by atoms with Crippen molar-refractivity contribution < 1.29 is 0 Å². The predicted molar refractivity (Wildman–Crippen MR) is 87.5 cm³/mol. The molecule has 0 bridgehead atoms. The molecule has 0 amide bonds. The predicted octanol–water partition coefficient (Wildman–Crippen LogP) is 4.82. The number of benzene rings is 2. The van der Waals surface area contributed by atoms with Crippen LogP contribution in [-0.4, -0.2) is 0 Å². The molecule has 20 heavy (non-hydrogen) atoms. The Kier molecular flexibility index (Phi) is 4.52. The SMILES string of the molecule is Cc1cc(C)c(CC(N)c2cccc(C)c2Cl)c(C)c1. The van der Waals surface area contributed by atoms with E-state index in [4.69, 9.17) is 17.3 Å². The number of nitrogens with two attached hydrogens (primary N) is 1. The minimum atomic E-state index is -0.0671. The van der Waals surface area contributed by atoms with E-state index in [1.54, 1.807) is 0 Å². The van der Waals surface area contributed by atoms with E-state index in [0.717, 1.165) is 22.6 Å². The summed E-state index contributed by atoms with van der Waals surface area (Å²) in [5.41, 5.74) is 13.7. The summed E-state index contributed by atoms with van der Waals surface area (Å²) in [4.78, 5) is 0. The van der Waals surface area contributed by atoms with Crippen molar-refractivity contribution >= 4 is 11.6 Å². The van der Waals surface area contributed by atoms with E-state index < -0.39 is 0 Å². The van der Waals surface area contributed by atoms with Crippen molar-refractivity contribution in [2.45, 2.75) is 40.2 Å². The number of rotatable bonds is 3. The lowest BCUT2D eigenvalue weighted by Crippen LogP contribution is -2.15. The first kappa shape index (κ1) is 15.1. The molecule has 2 aromatic rings. The van der Waals surface area contributed by atoms with E-state index in [-0.39, 0.29) is 6.04 Å². The Morgan fingerprint density at radius 2 is 1.60 bits per heavy atom. The first-order valence-electron chi connectivity index (χ1n) is 6.97. The van der Waals surface area contributed by atoms with Gasteiger partial charge in [0.2, 0.25) is 0 Å². The summed E-state index contributed by atoms with van der Waals surface area (Å²) in [5, 5.41) is 0.794. The van der Waals surface area contributed by atoms with Gasteiger partial charge in [0.1, 0.15) is 0 Å². The van der Waals surface area contributed by atoms with E-state index in [1.807, 2.05) is 25.1 Å². The second kappa shape index (κ2) is 5.99. The first-order valence-corrected chi connectivity index (χ1v) is 7.35. The zero-order valence-electron chi connectivity index (χ0n) is 12.6. The van der Waals surface area contributed by atoms with Gasteiger partial charge in [-0.15, -0.1) is 0 Å². The van der Waals surface area contributed by atoms with Gasteiger partial charge in [0.15, 0.2) is 0 Å². The van der Waals surface area contributed by atoms with E-state index in [9.17, 15) is 0 Å². The van der Waals surface area contributed by atoms with Gasteiger partial charge < -0.3 is 5.73 Å². The van der Waals surface area contributed by atoms with Crippen LogP contribution >= 0.6 is 11.6 Å². The van der Waals surface area contributed by atoms with Crippen LogP contribution in [0, 0.1) is 27.7 Å². The molecule has 0 aliphatic rings. The summed E-state index contributed by atoms with van der Waals surface area (Å²) in [6.07, 6.45) is 0.821. The van der Waals surface area contributed by atoms with Crippen LogP contribution in [0.15, 0.2) is 30.3 Å². The van der Waals surface area contributed by atoms with Crippen molar-refractivity contribution in [3.63, 3.8) is 0 Å². The van der Waals surface area contributed by atoms with Crippen LogP contribution in [0.5, 0.6) is 0 Å². The number of hydrogen-bond donors (Lipinski definition) is 1. The Balaban J connectivity index is 2.33.